The van der Waals surface area contributed by atoms with E-state index in [4.69, 9.17) is 9.84 Å². The Morgan fingerprint density at radius 1 is 1.35 bits per heavy atom. The number of hydrogen-bond donors (Lipinski definition) is 2. The molecule has 0 saturated heterocycles. The normalized spacial score (nSPS) is 10.1. The molecule has 0 fully saturated rings. The van der Waals surface area contributed by atoms with E-state index in [1.54, 1.807) is 0 Å². The van der Waals surface area contributed by atoms with Crippen LogP contribution in [-0.2, 0) is 0 Å². The summed E-state index contributed by atoms with van der Waals surface area (Å²) in [6.45, 7) is 0. The van der Waals surface area contributed by atoms with Gasteiger partial charge in [-0.05, 0) is 23.6 Å². The first-order chi connectivity index (χ1) is 9.52. The van der Waals surface area contributed by atoms with Crippen molar-refractivity contribution in [3.63, 3.8) is 0 Å². The predicted octanol–water partition coefficient (Wildman–Crippen LogP) is 2.85. The molecule has 2 rings (SSSR count). The third-order valence-electron chi connectivity index (χ3n) is 2.53. The number of thiophene rings is 1. The van der Waals surface area contributed by atoms with Gasteiger partial charge in [0, 0.05) is 6.07 Å². The van der Waals surface area contributed by atoms with Crippen LogP contribution < -0.4 is 10.1 Å². The standard InChI is InChI=1S/C13H10FNO4S/c1-19-7-2-3-8(9(14)6-7)12(16)15-10-4-5-20-11(10)13(17)18/h2-6H,1H3,(H,15,16)(H,17,18). The molecule has 1 heterocycles. The van der Waals surface area contributed by atoms with Gasteiger partial charge in [0.1, 0.15) is 16.4 Å². The number of carbonyl (C=O) groups excluding carboxylic acids is 1. The van der Waals surface area contributed by atoms with Crippen molar-refractivity contribution in [3.05, 3.63) is 45.9 Å². The Hall–Kier alpha value is -2.41. The summed E-state index contributed by atoms with van der Waals surface area (Å²) < 4.78 is 18.6. The number of carboxylic acids is 1. The molecule has 0 spiro atoms. The summed E-state index contributed by atoms with van der Waals surface area (Å²) in [7, 11) is 1.39. The molecule has 0 aliphatic carbocycles. The van der Waals surface area contributed by atoms with Gasteiger partial charge in [-0.15, -0.1) is 11.3 Å². The van der Waals surface area contributed by atoms with E-state index >= 15 is 0 Å². The molecule has 0 bridgehead atoms. The molecule has 7 heteroatoms. The van der Waals surface area contributed by atoms with E-state index < -0.39 is 17.7 Å². The maximum atomic E-state index is 13.7. The Morgan fingerprint density at radius 3 is 2.70 bits per heavy atom. The number of rotatable bonds is 4. The lowest BCUT2D eigenvalue weighted by atomic mass is 10.2. The number of anilines is 1. The molecule has 1 amide bonds. The molecule has 20 heavy (non-hydrogen) atoms. The Balaban J connectivity index is 2.24. The van der Waals surface area contributed by atoms with E-state index in [1.165, 1.54) is 30.7 Å². The molecule has 1 aromatic heterocycles. The van der Waals surface area contributed by atoms with Gasteiger partial charge in [-0.2, -0.15) is 0 Å². The minimum atomic E-state index is -1.15. The third-order valence-corrected chi connectivity index (χ3v) is 3.43. The fourth-order valence-electron chi connectivity index (χ4n) is 1.57. The lowest BCUT2D eigenvalue weighted by Crippen LogP contribution is -2.15. The second kappa shape index (κ2) is 5.70. The number of halogens is 1. The number of benzene rings is 1. The molecule has 2 aromatic rings. The third kappa shape index (κ3) is 2.77. The molecule has 0 saturated carbocycles. The van der Waals surface area contributed by atoms with Gasteiger partial charge in [0.15, 0.2) is 0 Å². The van der Waals surface area contributed by atoms with Crippen LogP contribution in [0.15, 0.2) is 29.6 Å². The molecule has 5 nitrogen and oxygen atoms in total. The minimum absolute atomic E-state index is 0.00716. The Labute approximate surface area is 117 Å². The summed E-state index contributed by atoms with van der Waals surface area (Å²) in [4.78, 5) is 22.8. The number of hydrogen-bond acceptors (Lipinski definition) is 4. The highest BCUT2D eigenvalue weighted by Gasteiger charge is 2.17. The number of amides is 1. The molecule has 1 aromatic carbocycles. The van der Waals surface area contributed by atoms with Crippen molar-refractivity contribution in [1.29, 1.82) is 0 Å². The molecular formula is C13H10FNO4S. The first-order valence-corrected chi connectivity index (χ1v) is 6.36. The van der Waals surface area contributed by atoms with Crippen LogP contribution in [-0.4, -0.2) is 24.1 Å². The zero-order valence-electron chi connectivity index (χ0n) is 10.3. The van der Waals surface area contributed by atoms with E-state index in [9.17, 15) is 14.0 Å². The van der Waals surface area contributed by atoms with E-state index in [2.05, 4.69) is 5.32 Å². The number of aromatic carboxylic acids is 1. The molecule has 0 atom stereocenters. The van der Waals surface area contributed by atoms with Crippen LogP contribution in [0.4, 0.5) is 10.1 Å². The maximum absolute atomic E-state index is 13.7. The minimum Gasteiger partial charge on any atom is -0.497 e. The van der Waals surface area contributed by atoms with Gasteiger partial charge in [0.25, 0.3) is 5.91 Å². The summed E-state index contributed by atoms with van der Waals surface area (Å²) in [5.41, 5.74) is -0.0453. The van der Waals surface area contributed by atoms with E-state index in [-0.39, 0.29) is 16.1 Å². The Morgan fingerprint density at radius 2 is 2.10 bits per heavy atom. The maximum Gasteiger partial charge on any atom is 0.348 e. The molecule has 0 unspecified atom stereocenters. The summed E-state index contributed by atoms with van der Waals surface area (Å²) >= 11 is 0.977. The number of ether oxygens (including phenoxy) is 1. The van der Waals surface area contributed by atoms with Crippen molar-refractivity contribution in [1.82, 2.24) is 0 Å². The molecule has 0 radical (unpaired) electrons. The first kappa shape index (κ1) is 14.0. The van der Waals surface area contributed by atoms with Gasteiger partial charge < -0.3 is 15.2 Å². The van der Waals surface area contributed by atoms with Gasteiger partial charge >= 0.3 is 5.97 Å². The largest absolute Gasteiger partial charge is 0.497 e. The average molecular weight is 295 g/mol. The van der Waals surface area contributed by atoms with Crippen molar-refractivity contribution in [2.24, 2.45) is 0 Å². The molecule has 0 aliphatic rings. The zero-order chi connectivity index (χ0) is 14.7. The first-order valence-electron chi connectivity index (χ1n) is 5.48. The second-order valence-electron chi connectivity index (χ2n) is 3.77. The number of carbonyl (C=O) groups is 2. The van der Waals surface area contributed by atoms with Crippen LogP contribution in [0.5, 0.6) is 5.75 Å². The number of carboxylic acid groups (broad SMARTS) is 1. The van der Waals surface area contributed by atoms with Crippen LogP contribution in [0.3, 0.4) is 0 Å². The fraction of sp³-hybridized carbons (Fsp3) is 0.0769. The Kier molecular flexibility index (Phi) is 3.99. The quantitative estimate of drug-likeness (QED) is 0.909. The summed E-state index contributed by atoms with van der Waals surface area (Å²) in [6.07, 6.45) is 0. The zero-order valence-corrected chi connectivity index (χ0v) is 11.2. The van der Waals surface area contributed by atoms with E-state index in [1.807, 2.05) is 0 Å². The van der Waals surface area contributed by atoms with Crippen molar-refractivity contribution < 1.29 is 23.8 Å². The van der Waals surface area contributed by atoms with Crippen LogP contribution >= 0.6 is 11.3 Å². The predicted molar refractivity (Wildman–Crippen MR) is 72.2 cm³/mol. The smallest absolute Gasteiger partial charge is 0.348 e. The van der Waals surface area contributed by atoms with Crippen LogP contribution in [0.1, 0.15) is 20.0 Å². The highest BCUT2D eigenvalue weighted by Crippen LogP contribution is 2.24. The molecule has 104 valence electrons. The lowest BCUT2D eigenvalue weighted by molar-refractivity contribution is 0.0703. The number of methoxy groups -OCH3 is 1. The van der Waals surface area contributed by atoms with Gasteiger partial charge in [-0.25, -0.2) is 9.18 Å². The summed E-state index contributed by atoms with van der Waals surface area (Å²) in [5, 5.41) is 12.8. The highest BCUT2D eigenvalue weighted by molar-refractivity contribution is 7.12. The van der Waals surface area contributed by atoms with E-state index in [0.717, 1.165) is 17.4 Å². The molecule has 2 N–H and O–H groups in total. The van der Waals surface area contributed by atoms with Crippen LogP contribution in [0.25, 0.3) is 0 Å². The Bertz CT molecular complexity index is 668. The van der Waals surface area contributed by atoms with Gasteiger partial charge in [0.05, 0.1) is 18.4 Å². The average Bonchev–Trinajstić information content (AvgIpc) is 2.86. The van der Waals surface area contributed by atoms with Crippen molar-refractivity contribution >= 4 is 28.9 Å². The molecular weight excluding hydrogens is 285 g/mol. The fourth-order valence-corrected chi connectivity index (χ4v) is 2.26. The summed E-state index contributed by atoms with van der Waals surface area (Å²) in [6, 6.07) is 5.26. The van der Waals surface area contributed by atoms with Gasteiger partial charge in [-0.3, -0.25) is 4.79 Å². The van der Waals surface area contributed by atoms with Crippen molar-refractivity contribution in [3.8, 4) is 5.75 Å². The second-order valence-corrected chi connectivity index (χ2v) is 4.68. The number of nitrogens with one attached hydrogen (secondary N) is 1. The monoisotopic (exact) mass is 295 g/mol. The van der Waals surface area contributed by atoms with Crippen LogP contribution in [0.2, 0.25) is 0 Å². The van der Waals surface area contributed by atoms with Crippen molar-refractivity contribution in [2.45, 2.75) is 0 Å². The summed E-state index contributed by atoms with van der Waals surface area (Å²) in [5.74, 6) is -2.31. The highest BCUT2D eigenvalue weighted by atomic mass is 32.1. The topological polar surface area (TPSA) is 75.6 Å². The van der Waals surface area contributed by atoms with E-state index in [0.29, 0.717) is 5.75 Å². The van der Waals surface area contributed by atoms with Gasteiger partial charge in [0.2, 0.25) is 0 Å². The lowest BCUT2D eigenvalue weighted by Gasteiger charge is -2.07. The van der Waals surface area contributed by atoms with Crippen molar-refractivity contribution in [2.75, 3.05) is 12.4 Å². The molecule has 0 aliphatic heterocycles. The van der Waals surface area contributed by atoms with Gasteiger partial charge in [-0.1, -0.05) is 0 Å². The SMILES string of the molecule is COc1ccc(C(=O)Nc2ccsc2C(=O)O)c(F)c1. The van der Waals surface area contributed by atoms with Crippen LogP contribution in [0, 0.1) is 5.82 Å².